The predicted molar refractivity (Wildman–Crippen MR) is 72.1 cm³/mol. The van der Waals surface area contributed by atoms with Crippen LogP contribution in [0.15, 0.2) is 30.3 Å². The molecule has 0 aromatic heterocycles. The highest BCUT2D eigenvalue weighted by atomic mass is 19.1. The Kier molecular flexibility index (Phi) is 4.31. The number of carbonyl (C=O) groups is 1. The van der Waals surface area contributed by atoms with Gasteiger partial charge in [-0.2, -0.15) is 0 Å². The molecule has 2 aromatic carbocycles. The van der Waals surface area contributed by atoms with Crippen LogP contribution in [0.25, 0.3) is 0 Å². The lowest BCUT2D eigenvalue weighted by Gasteiger charge is -2.11. The van der Waals surface area contributed by atoms with E-state index in [9.17, 15) is 18.0 Å². The van der Waals surface area contributed by atoms with Gasteiger partial charge in [-0.3, -0.25) is 4.79 Å². The van der Waals surface area contributed by atoms with Gasteiger partial charge in [-0.15, -0.1) is 0 Å². The summed E-state index contributed by atoms with van der Waals surface area (Å²) in [6, 6.07) is 5.72. The topological polar surface area (TPSA) is 26.3 Å². The van der Waals surface area contributed by atoms with Crippen molar-refractivity contribution in [3.8, 4) is 5.75 Å². The molecule has 0 fully saturated rings. The van der Waals surface area contributed by atoms with Gasteiger partial charge in [0.05, 0.1) is 17.7 Å². The molecular weight excluding hydrogens is 281 g/mol. The van der Waals surface area contributed by atoms with Gasteiger partial charge in [0, 0.05) is 12.1 Å². The van der Waals surface area contributed by atoms with Crippen LogP contribution in [0.4, 0.5) is 13.2 Å². The first-order chi connectivity index (χ1) is 9.93. The van der Waals surface area contributed by atoms with Crippen molar-refractivity contribution in [2.45, 2.75) is 13.8 Å². The van der Waals surface area contributed by atoms with E-state index in [-0.39, 0.29) is 11.3 Å². The molecule has 110 valence electrons. The van der Waals surface area contributed by atoms with E-state index in [1.807, 2.05) is 0 Å². The monoisotopic (exact) mass is 294 g/mol. The number of halogens is 3. The maximum Gasteiger partial charge on any atom is 0.202 e. The number of benzene rings is 2. The lowest BCUT2D eigenvalue weighted by atomic mass is 9.99. The molecule has 2 rings (SSSR count). The van der Waals surface area contributed by atoms with Crippen molar-refractivity contribution < 1.29 is 22.7 Å². The Morgan fingerprint density at radius 3 is 2.29 bits per heavy atom. The Balaban J connectivity index is 2.57. The minimum absolute atomic E-state index is 0.0428. The molecule has 5 heteroatoms. The van der Waals surface area contributed by atoms with Crippen LogP contribution in [0, 0.1) is 24.4 Å². The molecule has 0 N–H and O–H groups in total. The van der Waals surface area contributed by atoms with Crippen molar-refractivity contribution in [1.82, 2.24) is 0 Å². The van der Waals surface area contributed by atoms with E-state index in [1.54, 1.807) is 26.0 Å². The second-order valence-electron chi connectivity index (χ2n) is 4.51. The molecule has 0 amide bonds. The van der Waals surface area contributed by atoms with Crippen LogP contribution in [0.2, 0.25) is 0 Å². The van der Waals surface area contributed by atoms with Crippen molar-refractivity contribution in [3.05, 3.63) is 64.5 Å². The standard InChI is InChI=1S/C16H13F3O2/c1-3-21-14-5-4-9(2)6-11(14)16(20)15-12(18)7-10(17)8-13(15)19/h4-8H,3H2,1-2H3. The quantitative estimate of drug-likeness (QED) is 0.795. The van der Waals surface area contributed by atoms with E-state index in [2.05, 4.69) is 0 Å². The highest BCUT2D eigenvalue weighted by Crippen LogP contribution is 2.26. The van der Waals surface area contributed by atoms with Gasteiger partial charge in [-0.1, -0.05) is 11.6 Å². The molecule has 0 aliphatic carbocycles. The van der Waals surface area contributed by atoms with Gasteiger partial charge < -0.3 is 4.74 Å². The third-order valence-electron chi connectivity index (χ3n) is 2.91. The second-order valence-corrected chi connectivity index (χ2v) is 4.51. The zero-order valence-electron chi connectivity index (χ0n) is 11.5. The Bertz CT molecular complexity index is 673. The Morgan fingerprint density at radius 2 is 1.71 bits per heavy atom. The molecule has 0 saturated carbocycles. The first kappa shape index (κ1) is 15.1. The van der Waals surface area contributed by atoms with Gasteiger partial charge in [-0.25, -0.2) is 13.2 Å². The van der Waals surface area contributed by atoms with Crippen LogP contribution < -0.4 is 4.74 Å². The molecule has 0 bridgehead atoms. The maximum atomic E-state index is 13.7. The van der Waals surface area contributed by atoms with E-state index < -0.39 is 28.8 Å². The number of ether oxygens (including phenoxy) is 1. The molecule has 2 aromatic rings. The fourth-order valence-corrected chi connectivity index (χ4v) is 2.00. The number of hydrogen-bond acceptors (Lipinski definition) is 2. The van der Waals surface area contributed by atoms with Crippen LogP contribution in [0.5, 0.6) is 5.75 Å². The number of hydrogen-bond donors (Lipinski definition) is 0. The van der Waals surface area contributed by atoms with E-state index in [1.165, 1.54) is 6.07 Å². The second kappa shape index (κ2) is 5.99. The van der Waals surface area contributed by atoms with Crippen molar-refractivity contribution in [3.63, 3.8) is 0 Å². The summed E-state index contributed by atoms with van der Waals surface area (Å²) >= 11 is 0. The number of rotatable bonds is 4. The third-order valence-corrected chi connectivity index (χ3v) is 2.91. The molecule has 0 spiro atoms. The lowest BCUT2D eigenvalue weighted by Crippen LogP contribution is -2.10. The third kappa shape index (κ3) is 3.07. The first-order valence-electron chi connectivity index (χ1n) is 6.36. The van der Waals surface area contributed by atoms with Crippen molar-refractivity contribution >= 4 is 5.78 Å². The Labute approximate surface area is 120 Å². The summed E-state index contributed by atoms with van der Waals surface area (Å²) in [7, 11) is 0. The van der Waals surface area contributed by atoms with Gasteiger partial charge in [0.1, 0.15) is 23.2 Å². The summed E-state index contributed by atoms with van der Waals surface area (Å²) in [5, 5.41) is 0. The van der Waals surface area contributed by atoms with E-state index in [0.717, 1.165) is 5.56 Å². The minimum Gasteiger partial charge on any atom is -0.493 e. The van der Waals surface area contributed by atoms with E-state index in [4.69, 9.17) is 4.74 Å². The summed E-state index contributed by atoms with van der Waals surface area (Å²) in [6.45, 7) is 3.77. The summed E-state index contributed by atoms with van der Waals surface area (Å²) in [5.74, 6) is -4.19. The average molecular weight is 294 g/mol. The molecule has 0 heterocycles. The van der Waals surface area contributed by atoms with Crippen LogP contribution in [-0.4, -0.2) is 12.4 Å². The molecule has 0 radical (unpaired) electrons. The molecule has 2 nitrogen and oxygen atoms in total. The fourth-order valence-electron chi connectivity index (χ4n) is 2.00. The van der Waals surface area contributed by atoms with Crippen LogP contribution in [0.1, 0.15) is 28.4 Å². The van der Waals surface area contributed by atoms with Crippen LogP contribution in [0.3, 0.4) is 0 Å². The molecule has 0 saturated heterocycles. The smallest absolute Gasteiger partial charge is 0.202 e. The predicted octanol–water partition coefficient (Wildman–Crippen LogP) is 4.04. The molecule has 0 aliphatic heterocycles. The van der Waals surface area contributed by atoms with E-state index >= 15 is 0 Å². The van der Waals surface area contributed by atoms with Gasteiger partial charge in [0.15, 0.2) is 0 Å². The Hall–Kier alpha value is -2.30. The number of aryl methyl sites for hydroxylation is 1. The van der Waals surface area contributed by atoms with Crippen molar-refractivity contribution in [2.24, 2.45) is 0 Å². The minimum atomic E-state index is -1.23. The highest BCUT2D eigenvalue weighted by Gasteiger charge is 2.23. The molecule has 0 atom stereocenters. The normalized spacial score (nSPS) is 10.5. The SMILES string of the molecule is CCOc1ccc(C)cc1C(=O)c1c(F)cc(F)cc1F. The summed E-state index contributed by atoms with van der Waals surface area (Å²) in [5.41, 5.74) is -0.00561. The van der Waals surface area contributed by atoms with Crippen LogP contribution in [-0.2, 0) is 0 Å². The lowest BCUT2D eigenvalue weighted by molar-refractivity contribution is 0.102. The van der Waals surface area contributed by atoms with Crippen LogP contribution >= 0.6 is 0 Å². The number of ketones is 1. The maximum absolute atomic E-state index is 13.7. The zero-order valence-corrected chi connectivity index (χ0v) is 11.5. The van der Waals surface area contributed by atoms with E-state index in [0.29, 0.717) is 18.7 Å². The summed E-state index contributed by atoms with van der Waals surface area (Å²) < 4.78 is 45.7. The molecule has 0 unspecified atom stereocenters. The van der Waals surface area contributed by atoms with Gasteiger partial charge in [0.25, 0.3) is 0 Å². The highest BCUT2D eigenvalue weighted by molar-refractivity contribution is 6.11. The van der Waals surface area contributed by atoms with Gasteiger partial charge in [0.2, 0.25) is 5.78 Å². The number of carbonyl (C=O) groups excluding carboxylic acids is 1. The fraction of sp³-hybridized carbons (Fsp3) is 0.188. The first-order valence-corrected chi connectivity index (χ1v) is 6.36. The molecular formula is C16H13F3O2. The summed E-state index contributed by atoms with van der Waals surface area (Å²) in [6.07, 6.45) is 0. The zero-order chi connectivity index (χ0) is 15.6. The van der Waals surface area contributed by atoms with Gasteiger partial charge >= 0.3 is 0 Å². The Morgan fingerprint density at radius 1 is 1.10 bits per heavy atom. The van der Waals surface area contributed by atoms with Gasteiger partial charge in [-0.05, 0) is 26.0 Å². The average Bonchev–Trinajstić information content (AvgIpc) is 2.39. The molecule has 0 aliphatic rings. The summed E-state index contributed by atoms with van der Waals surface area (Å²) in [4.78, 5) is 12.4. The largest absolute Gasteiger partial charge is 0.493 e. The molecule has 21 heavy (non-hydrogen) atoms. The van der Waals surface area contributed by atoms with Crippen molar-refractivity contribution in [1.29, 1.82) is 0 Å². The van der Waals surface area contributed by atoms with Crippen molar-refractivity contribution in [2.75, 3.05) is 6.61 Å².